The highest BCUT2D eigenvalue weighted by Crippen LogP contribution is 2.42. The Labute approximate surface area is 181 Å². The Morgan fingerprint density at radius 3 is 2.59 bits per heavy atom. The number of nitrogen functional groups attached to an aromatic ring is 1. The van der Waals surface area contributed by atoms with Crippen LogP contribution in [0.25, 0.3) is 16.9 Å². The zero-order valence-electron chi connectivity index (χ0n) is 17.4. The van der Waals surface area contributed by atoms with Gasteiger partial charge in [0.2, 0.25) is 0 Å². The van der Waals surface area contributed by atoms with Gasteiger partial charge >= 0.3 is 6.18 Å². The number of alkyl halides is 3. The third-order valence-corrected chi connectivity index (χ3v) is 6.66. The molecule has 170 valence electrons. The number of nitrogens with zero attached hydrogens (tertiary/aromatic N) is 6. The summed E-state index contributed by atoms with van der Waals surface area (Å²) in [5.41, 5.74) is 11.2. The first-order valence-corrected chi connectivity index (χ1v) is 10.3. The summed E-state index contributed by atoms with van der Waals surface area (Å²) in [6.07, 6.45) is 1.28. The van der Waals surface area contributed by atoms with Gasteiger partial charge < -0.3 is 21.1 Å². The number of nitrogens with two attached hydrogens (primary N) is 2. The lowest BCUT2D eigenvalue weighted by Crippen LogP contribution is -2.50. The predicted octanol–water partition coefficient (Wildman–Crippen LogP) is 2.14. The van der Waals surface area contributed by atoms with E-state index in [1.54, 1.807) is 6.20 Å². The first-order chi connectivity index (χ1) is 15.2. The van der Waals surface area contributed by atoms with Crippen LogP contribution in [0.4, 0.5) is 24.8 Å². The molecule has 4 N–H and O–H groups in total. The van der Waals surface area contributed by atoms with E-state index < -0.39 is 17.6 Å². The molecular weight excluding hydrogens is 425 g/mol. The second-order valence-electron chi connectivity index (χ2n) is 8.47. The highest BCUT2D eigenvalue weighted by atomic mass is 19.4. The van der Waals surface area contributed by atoms with Gasteiger partial charge in [-0.15, -0.1) is 0 Å². The van der Waals surface area contributed by atoms with Crippen LogP contribution in [0, 0.1) is 5.41 Å². The van der Waals surface area contributed by atoms with Gasteiger partial charge in [0.15, 0.2) is 5.65 Å². The van der Waals surface area contributed by atoms with Crippen molar-refractivity contribution < 1.29 is 17.9 Å². The van der Waals surface area contributed by atoms with Crippen LogP contribution in [0.15, 0.2) is 24.7 Å². The predicted molar refractivity (Wildman–Crippen MR) is 111 cm³/mol. The van der Waals surface area contributed by atoms with Crippen LogP contribution in [0.2, 0.25) is 0 Å². The zero-order chi connectivity index (χ0) is 22.7. The lowest BCUT2D eigenvalue weighted by atomic mass is 9.73. The average molecular weight is 448 g/mol. The van der Waals surface area contributed by atoms with E-state index in [2.05, 4.69) is 25.0 Å². The van der Waals surface area contributed by atoms with E-state index in [0.717, 1.165) is 30.6 Å². The maximum atomic E-state index is 13.6. The minimum atomic E-state index is -4.69. The molecule has 5 rings (SSSR count). The smallest absolute Gasteiger partial charge is 0.383 e. The van der Waals surface area contributed by atoms with Crippen LogP contribution in [0.1, 0.15) is 25.3 Å². The number of anilines is 2. The molecule has 2 atom stereocenters. The molecule has 32 heavy (non-hydrogen) atoms. The van der Waals surface area contributed by atoms with Crippen LogP contribution in [-0.2, 0) is 10.9 Å². The molecule has 2 aliphatic rings. The van der Waals surface area contributed by atoms with Crippen LogP contribution in [-0.4, -0.2) is 56.6 Å². The fraction of sp³-hybridized carbons (Fsp3) is 0.500. The highest BCUT2D eigenvalue weighted by molar-refractivity contribution is 5.74. The Morgan fingerprint density at radius 2 is 1.94 bits per heavy atom. The van der Waals surface area contributed by atoms with Gasteiger partial charge in [0, 0.05) is 30.7 Å². The van der Waals surface area contributed by atoms with Crippen molar-refractivity contribution in [3.05, 3.63) is 30.2 Å². The molecule has 12 heteroatoms. The molecule has 0 aliphatic carbocycles. The fourth-order valence-electron chi connectivity index (χ4n) is 4.72. The minimum Gasteiger partial charge on any atom is -0.383 e. The van der Waals surface area contributed by atoms with E-state index in [9.17, 15) is 13.2 Å². The lowest BCUT2D eigenvalue weighted by molar-refractivity contribution is -0.137. The third kappa shape index (κ3) is 3.25. The van der Waals surface area contributed by atoms with Gasteiger partial charge in [-0.1, -0.05) is 0 Å². The van der Waals surface area contributed by atoms with Gasteiger partial charge in [-0.3, -0.25) is 0 Å². The number of ether oxygens (including phenoxy) is 1. The number of rotatable bonds is 2. The van der Waals surface area contributed by atoms with Crippen LogP contribution >= 0.6 is 0 Å². The van der Waals surface area contributed by atoms with Gasteiger partial charge in [-0.05, 0) is 25.8 Å². The van der Waals surface area contributed by atoms with Crippen molar-refractivity contribution in [2.45, 2.75) is 38.1 Å². The zero-order valence-corrected chi connectivity index (χ0v) is 17.4. The summed E-state index contributed by atoms with van der Waals surface area (Å²) in [7, 11) is 0. The summed E-state index contributed by atoms with van der Waals surface area (Å²) in [5, 5.41) is 4.10. The van der Waals surface area contributed by atoms with Crippen molar-refractivity contribution in [1.29, 1.82) is 0 Å². The van der Waals surface area contributed by atoms with Crippen LogP contribution in [0.5, 0.6) is 0 Å². The second kappa shape index (κ2) is 7.27. The number of pyridine rings is 1. The largest absolute Gasteiger partial charge is 0.422 e. The molecule has 0 aromatic carbocycles. The van der Waals surface area contributed by atoms with Crippen molar-refractivity contribution >= 4 is 22.8 Å². The normalized spacial score (nSPS) is 23.3. The lowest BCUT2D eigenvalue weighted by Gasteiger charge is -2.41. The van der Waals surface area contributed by atoms with E-state index in [-0.39, 0.29) is 28.9 Å². The van der Waals surface area contributed by atoms with E-state index in [1.807, 2.05) is 6.92 Å². The molecule has 0 unspecified atom stereocenters. The van der Waals surface area contributed by atoms with Gasteiger partial charge in [0.1, 0.15) is 22.7 Å². The van der Waals surface area contributed by atoms with Crippen molar-refractivity contribution in [3.8, 4) is 5.69 Å². The molecule has 2 saturated heterocycles. The summed E-state index contributed by atoms with van der Waals surface area (Å²) >= 11 is 0. The molecule has 0 radical (unpaired) electrons. The van der Waals surface area contributed by atoms with Crippen molar-refractivity contribution in [2.24, 2.45) is 11.1 Å². The number of halogens is 3. The molecule has 0 saturated carbocycles. The van der Waals surface area contributed by atoms with Gasteiger partial charge in [0.25, 0.3) is 0 Å². The van der Waals surface area contributed by atoms with Gasteiger partial charge in [0.05, 0.1) is 30.8 Å². The van der Waals surface area contributed by atoms with Crippen molar-refractivity contribution in [2.75, 3.05) is 30.3 Å². The monoisotopic (exact) mass is 448 g/mol. The number of hydrogen-bond donors (Lipinski definition) is 2. The summed E-state index contributed by atoms with van der Waals surface area (Å²) in [6, 6.07) is 1.21. The first-order valence-electron chi connectivity index (χ1n) is 10.3. The Kier molecular flexibility index (Phi) is 4.75. The van der Waals surface area contributed by atoms with E-state index in [4.69, 9.17) is 16.2 Å². The summed E-state index contributed by atoms with van der Waals surface area (Å²) in [6.45, 7) is 4.16. The SMILES string of the molecule is C[C@@H]1OCC2(CCN(c3cnc4c(cnn4-c4ccnc(N)c4C(F)(F)F)n3)CC2)[C@@H]1N. The molecule has 2 fully saturated rings. The Balaban J connectivity index is 1.44. The minimum absolute atomic E-state index is 0.00655. The summed E-state index contributed by atoms with van der Waals surface area (Å²) in [4.78, 5) is 14.7. The number of fused-ring (bicyclic) bond motifs is 1. The van der Waals surface area contributed by atoms with Crippen molar-refractivity contribution in [1.82, 2.24) is 24.7 Å². The Morgan fingerprint density at radius 1 is 1.19 bits per heavy atom. The highest BCUT2D eigenvalue weighted by Gasteiger charge is 2.47. The molecular formula is C20H23F3N8O. The number of hydrogen-bond acceptors (Lipinski definition) is 8. The van der Waals surface area contributed by atoms with E-state index >= 15 is 0 Å². The molecule has 1 spiro atoms. The third-order valence-electron chi connectivity index (χ3n) is 6.66. The van der Waals surface area contributed by atoms with Crippen molar-refractivity contribution in [3.63, 3.8) is 0 Å². The van der Waals surface area contributed by atoms with E-state index in [0.29, 0.717) is 17.9 Å². The molecule has 0 bridgehead atoms. The quantitative estimate of drug-likeness (QED) is 0.612. The fourth-order valence-corrected chi connectivity index (χ4v) is 4.72. The standard InChI is InChI=1S/C20H23F3N8O/c1-11-16(24)19(10-32-11)3-6-30(7-4-19)14-9-27-18-12(29-14)8-28-31(18)13-2-5-26-17(25)15(13)20(21,22)23/h2,5,8-9,11,16H,3-4,6-7,10,24H2,1H3,(H2,25,26)/t11-,16+/m0/s1. The maximum Gasteiger partial charge on any atom is 0.422 e. The van der Waals surface area contributed by atoms with E-state index in [1.165, 1.54) is 18.5 Å². The topological polar surface area (TPSA) is 121 Å². The van der Waals surface area contributed by atoms with Gasteiger partial charge in [-0.25, -0.2) is 19.6 Å². The maximum absolute atomic E-state index is 13.6. The van der Waals surface area contributed by atoms with Crippen LogP contribution < -0.4 is 16.4 Å². The first kappa shape index (κ1) is 20.9. The average Bonchev–Trinajstić information content (AvgIpc) is 3.30. The molecule has 0 amide bonds. The molecule has 2 aliphatic heterocycles. The summed E-state index contributed by atoms with van der Waals surface area (Å²) < 4.78 is 47.6. The second-order valence-corrected chi connectivity index (χ2v) is 8.47. The van der Waals surface area contributed by atoms with Gasteiger partial charge in [-0.2, -0.15) is 18.3 Å². The molecule has 9 nitrogen and oxygen atoms in total. The Bertz CT molecular complexity index is 1160. The number of aromatic nitrogens is 5. The number of piperidine rings is 1. The molecule has 5 heterocycles. The van der Waals surface area contributed by atoms with Crippen LogP contribution in [0.3, 0.4) is 0 Å². The Hall–Kier alpha value is -2.99. The molecule has 3 aromatic rings. The molecule has 3 aromatic heterocycles. The summed E-state index contributed by atoms with van der Waals surface area (Å²) in [5.74, 6) is 0.0339.